The summed E-state index contributed by atoms with van der Waals surface area (Å²) in [5.41, 5.74) is 0. The van der Waals surface area contributed by atoms with Crippen LogP contribution in [-0.4, -0.2) is 0 Å². The maximum Gasteiger partial charge on any atom is 3.00 e. The molecule has 0 saturated heterocycles. The first-order valence-electron chi connectivity index (χ1n) is 0. The molecule has 0 radical (unpaired) electrons. The third kappa shape index (κ3) is 43.4. The molecule has 0 bridgehead atoms. The quantitative estimate of drug-likeness (QED) is 0.236. The Bertz CT molecular complexity index is 8.49. The number of hydrogen-bond acceptors (Lipinski definition) is 0. The topological polar surface area (TPSA) is 0 Å². The summed E-state index contributed by atoms with van der Waals surface area (Å²) in [6.45, 7) is 0. The minimum atomic E-state index is 0. The van der Waals surface area contributed by atoms with Gasteiger partial charge in [0, 0.05) is 0 Å². The van der Waals surface area contributed by atoms with Gasteiger partial charge in [-0.15, -0.1) is 34.0 Å². The molecule has 0 aromatic rings. The molecule has 0 aliphatic rings. The molecule has 0 heterocycles. The van der Waals surface area contributed by atoms with Crippen LogP contribution >= 0.6 is 34.0 Å². The van der Waals surface area contributed by atoms with Crippen LogP contribution < -0.4 is 119 Å². The monoisotopic (exact) mass is 617 g/mol. The summed E-state index contributed by atoms with van der Waals surface area (Å²) in [5.74, 6) is 0. The molecule has 0 atom stereocenters. The molecule has 54 valence electrons. The van der Waals surface area contributed by atoms with E-state index in [1.807, 2.05) is 0 Å². The zero-order valence-electron chi connectivity index (χ0n) is 3.66. The van der Waals surface area contributed by atoms with Gasteiger partial charge in [0.15, 0.2) is 0 Å². The first kappa shape index (κ1) is 73.3. The van der Waals surface area contributed by atoms with E-state index in [1.54, 1.807) is 0 Å². The summed E-state index contributed by atoms with van der Waals surface area (Å²) in [5, 5.41) is 0. The molecular formula is H2Br6KRh. The minimum absolute atomic E-state index is 0. The predicted molar refractivity (Wildman–Crippen MR) is 20.6 cm³/mol. The first-order valence-corrected chi connectivity index (χ1v) is 0. The Morgan fingerprint density at radius 1 is 0.500 bits per heavy atom. The summed E-state index contributed by atoms with van der Waals surface area (Å²) < 4.78 is 0. The maximum atomic E-state index is 0. The van der Waals surface area contributed by atoms with Crippen LogP contribution in [0.25, 0.3) is 0 Å². The third-order valence-corrected chi connectivity index (χ3v) is 0. The molecule has 0 nitrogen and oxygen atoms in total. The molecule has 0 saturated carbocycles. The number of hydrogen-bond donors (Lipinski definition) is 0. The third-order valence-electron chi connectivity index (χ3n) is 0. The first-order chi connectivity index (χ1) is 0. The largest absolute Gasteiger partial charge is 3.00 e. The average Bonchev–Trinajstić information content (AvgIpc) is 0. The smallest absolute Gasteiger partial charge is 1.00 e. The zero-order chi connectivity index (χ0) is 0. The molecule has 0 N–H and O–H groups in total. The molecular weight excluding hydrogens is 621 g/mol. The van der Waals surface area contributed by atoms with Crippen LogP contribution in [-0.2, 0) is 19.5 Å². The summed E-state index contributed by atoms with van der Waals surface area (Å²) >= 11 is 0. The summed E-state index contributed by atoms with van der Waals surface area (Å²) in [4.78, 5) is 0. The standard InChI is InChI=1S/6BrH.K.Rh/h6*1H;;/q;;;;;;+1;+3/p-4. The number of halogens is 6. The van der Waals surface area contributed by atoms with Crippen LogP contribution in [0, 0.1) is 0 Å². The van der Waals surface area contributed by atoms with Gasteiger partial charge in [-0.3, -0.25) is 0 Å². The average molecular weight is 623 g/mol. The second-order valence-corrected chi connectivity index (χ2v) is 0. The van der Waals surface area contributed by atoms with Gasteiger partial charge in [-0.1, -0.05) is 0 Å². The van der Waals surface area contributed by atoms with E-state index in [4.69, 9.17) is 0 Å². The van der Waals surface area contributed by atoms with Gasteiger partial charge in [0.25, 0.3) is 0 Å². The van der Waals surface area contributed by atoms with Crippen molar-refractivity contribution in [3.63, 3.8) is 0 Å². The Morgan fingerprint density at radius 2 is 0.500 bits per heavy atom. The van der Waals surface area contributed by atoms with E-state index >= 15 is 0 Å². The van der Waals surface area contributed by atoms with E-state index in [1.165, 1.54) is 0 Å². The zero-order valence-corrected chi connectivity index (χ0v) is 18.2. The number of rotatable bonds is 0. The van der Waals surface area contributed by atoms with Crippen LogP contribution in [0.3, 0.4) is 0 Å². The van der Waals surface area contributed by atoms with Gasteiger partial charge in [-0.25, -0.2) is 0 Å². The molecule has 8 heavy (non-hydrogen) atoms. The summed E-state index contributed by atoms with van der Waals surface area (Å²) in [6.07, 6.45) is 0. The van der Waals surface area contributed by atoms with E-state index < -0.39 is 0 Å². The Hall–Kier alpha value is 5.14. The van der Waals surface area contributed by atoms with Gasteiger partial charge in [0.2, 0.25) is 0 Å². The molecule has 0 aromatic heterocycles. The Morgan fingerprint density at radius 3 is 0.500 bits per heavy atom. The van der Waals surface area contributed by atoms with Crippen LogP contribution in [0.5, 0.6) is 0 Å². The second kappa shape index (κ2) is 57.0. The Labute approximate surface area is 168 Å². The van der Waals surface area contributed by atoms with Gasteiger partial charge in [-0.2, -0.15) is 0 Å². The van der Waals surface area contributed by atoms with E-state index in [2.05, 4.69) is 0 Å². The normalized spacial score (nSPS) is 0. The van der Waals surface area contributed by atoms with Gasteiger partial charge in [-0.05, 0) is 0 Å². The van der Waals surface area contributed by atoms with E-state index in [9.17, 15) is 0 Å². The fourth-order valence-electron chi connectivity index (χ4n) is 0. The predicted octanol–water partition coefficient (Wildman–Crippen LogP) is -13.8. The molecule has 0 aliphatic carbocycles. The van der Waals surface area contributed by atoms with Crippen LogP contribution in [0.15, 0.2) is 0 Å². The van der Waals surface area contributed by atoms with E-state index in [0.29, 0.717) is 0 Å². The van der Waals surface area contributed by atoms with E-state index in [-0.39, 0.29) is 173 Å². The van der Waals surface area contributed by atoms with Gasteiger partial charge in [0.05, 0.1) is 0 Å². The maximum absolute atomic E-state index is 0. The molecule has 0 amide bonds. The Balaban J connectivity index is 0. The fraction of sp³-hybridized carbons (Fsp3) is 0. The van der Waals surface area contributed by atoms with Crippen molar-refractivity contribution < 1.29 is 139 Å². The molecule has 0 aromatic carbocycles. The fourth-order valence-corrected chi connectivity index (χ4v) is 0. The van der Waals surface area contributed by atoms with Gasteiger partial charge < -0.3 is 67.9 Å². The molecule has 0 rings (SSSR count). The molecule has 0 aliphatic heterocycles. The molecule has 0 unspecified atom stereocenters. The SMILES string of the molecule is Br.Br.[Br-].[Br-].[Br-].[Br-].[K+].[Rh+3]. The summed E-state index contributed by atoms with van der Waals surface area (Å²) in [6, 6.07) is 0. The molecule has 0 fully saturated rings. The second-order valence-electron chi connectivity index (χ2n) is 0. The van der Waals surface area contributed by atoms with Crippen molar-refractivity contribution in [2.45, 2.75) is 0 Å². The van der Waals surface area contributed by atoms with Crippen LogP contribution in [0.4, 0.5) is 0 Å². The van der Waals surface area contributed by atoms with Crippen LogP contribution in [0.1, 0.15) is 0 Å². The van der Waals surface area contributed by atoms with Crippen LogP contribution in [0.2, 0.25) is 0 Å². The van der Waals surface area contributed by atoms with Crippen molar-refractivity contribution in [3.8, 4) is 0 Å². The van der Waals surface area contributed by atoms with Crippen molar-refractivity contribution in [2.24, 2.45) is 0 Å². The van der Waals surface area contributed by atoms with Gasteiger partial charge >= 0.3 is 70.9 Å². The van der Waals surface area contributed by atoms with Crippen molar-refractivity contribution in [1.29, 1.82) is 0 Å². The Kier molecular flexibility index (Phi) is 523. The minimum Gasteiger partial charge on any atom is -1.00 e. The van der Waals surface area contributed by atoms with Crippen molar-refractivity contribution in [1.82, 2.24) is 0 Å². The molecule has 0 spiro atoms. The van der Waals surface area contributed by atoms with Crippen molar-refractivity contribution in [3.05, 3.63) is 0 Å². The summed E-state index contributed by atoms with van der Waals surface area (Å²) in [7, 11) is 0. The van der Waals surface area contributed by atoms with Gasteiger partial charge in [0.1, 0.15) is 0 Å². The van der Waals surface area contributed by atoms with Crippen molar-refractivity contribution in [2.75, 3.05) is 0 Å². The molecule has 8 heteroatoms. The van der Waals surface area contributed by atoms with E-state index in [0.717, 1.165) is 0 Å². The van der Waals surface area contributed by atoms with Crippen molar-refractivity contribution >= 4 is 34.0 Å².